The number of methoxy groups -OCH3 is 1. The Bertz CT molecular complexity index is 1040. The van der Waals surface area contributed by atoms with Gasteiger partial charge in [-0.25, -0.2) is 14.2 Å². The summed E-state index contributed by atoms with van der Waals surface area (Å²) in [5.74, 6) is -1.99. The Hall–Kier alpha value is -3.24. The number of nitrogens with zero attached hydrogens (tertiary/aromatic N) is 2. The second-order valence-corrected chi connectivity index (χ2v) is 7.26. The second kappa shape index (κ2) is 9.71. The van der Waals surface area contributed by atoms with E-state index in [1.807, 2.05) is 0 Å². The van der Waals surface area contributed by atoms with Gasteiger partial charge in [0.15, 0.2) is 0 Å². The fourth-order valence-electron chi connectivity index (χ4n) is 3.54. The number of fused-ring (bicyclic) bond motifs is 1. The molecule has 10 heteroatoms. The minimum atomic E-state index is -0.827. The van der Waals surface area contributed by atoms with Crippen LogP contribution >= 0.6 is 0 Å². The largest absolute Gasteiger partial charge is 0.466 e. The number of hydrogen-bond donors (Lipinski definition) is 2. The maximum absolute atomic E-state index is 13.2. The highest BCUT2D eigenvalue weighted by Crippen LogP contribution is 2.41. The average molecular weight is 430 g/mol. The lowest BCUT2D eigenvalue weighted by Crippen LogP contribution is -2.35. The smallest absolute Gasteiger partial charge is 0.337 e. The topological polar surface area (TPSA) is 139 Å². The summed E-state index contributed by atoms with van der Waals surface area (Å²) in [6.45, 7) is 5.94. The molecule has 0 radical (unpaired) electrons. The zero-order valence-electron chi connectivity index (χ0n) is 17.9. The molecule has 2 aromatic rings. The molecule has 1 aliphatic rings. The molecule has 1 aliphatic heterocycles. The molecule has 0 aliphatic carbocycles. The number of carbonyl (C=O) groups is 2. The highest BCUT2D eigenvalue weighted by molar-refractivity contribution is 6.01. The number of rotatable bonds is 8. The zero-order valence-corrected chi connectivity index (χ0v) is 17.9. The van der Waals surface area contributed by atoms with Crippen molar-refractivity contribution in [1.82, 2.24) is 15.6 Å². The molecular formula is C21H26N4O6. The van der Waals surface area contributed by atoms with E-state index >= 15 is 0 Å². The Morgan fingerprint density at radius 2 is 2.00 bits per heavy atom. The molecule has 31 heavy (non-hydrogen) atoms. The van der Waals surface area contributed by atoms with Crippen molar-refractivity contribution < 1.29 is 28.4 Å². The van der Waals surface area contributed by atoms with Crippen molar-refractivity contribution in [2.45, 2.75) is 32.8 Å². The first-order valence-electron chi connectivity index (χ1n) is 9.88. The van der Waals surface area contributed by atoms with Crippen LogP contribution in [0.3, 0.4) is 0 Å². The molecule has 1 atom stereocenters. The first-order chi connectivity index (χ1) is 14.9. The molecule has 10 nitrogen and oxygen atoms in total. The van der Waals surface area contributed by atoms with Gasteiger partial charge in [0, 0.05) is 12.2 Å². The summed E-state index contributed by atoms with van der Waals surface area (Å²) in [7, 11) is 1.29. The van der Waals surface area contributed by atoms with Gasteiger partial charge in [-0.1, -0.05) is 12.1 Å². The number of nitrogens with two attached hydrogens (primary N) is 1. The van der Waals surface area contributed by atoms with Gasteiger partial charge in [0.2, 0.25) is 0 Å². The quantitative estimate of drug-likeness (QED) is 0.468. The van der Waals surface area contributed by atoms with Crippen molar-refractivity contribution in [1.29, 1.82) is 0 Å². The van der Waals surface area contributed by atoms with Crippen LogP contribution in [0.1, 0.15) is 32.3 Å². The summed E-state index contributed by atoms with van der Waals surface area (Å²) in [5.41, 5.74) is 8.51. The van der Waals surface area contributed by atoms with Gasteiger partial charge >= 0.3 is 11.9 Å². The number of allylic oxidation sites excluding steroid dienone is 1. The molecule has 1 unspecified atom stereocenters. The molecule has 0 spiro atoms. The summed E-state index contributed by atoms with van der Waals surface area (Å²) in [5, 5.41) is 11.0. The number of benzene rings is 1. The van der Waals surface area contributed by atoms with Gasteiger partial charge in [-0.3, -0.25) is 0 Å². The van der Waals surface area contributed by atoms with Crippen LogP contribution in [0.15, 0.2) is 45.4 Å². The second-order valence-electron chi connectivity index (χ2n) is 7.26. The summed E-state index contributed by atoms with van der Waals surface area (Å²) >= 11 is 0. The van der Waals surface area contributed by atoms with Crippen molar-refractivity contribution in [3.8, 4) is 0 Å². The van der Waals surface area contributed by atoms with E-state index in [0.29, 0.717) is 41.1 Å². The maximum atomic E-state index is 13.2. The van der Waals surface area contributed by atoms with E-state index in [-0.39, 0.29) is 23.9 Å². The van der Waals surface area contributed by atoms with Crippen LogP contribution in [-0.2, 0) is 23.8 Å². The Morgan fingerprint density at radius 1 is 1.23 bits per heavy atom. The monoisotopic (exact) mass is 430 g/mol. The summed E-state index contributed by atoms with van der Waals surface area (Å²) in [6, 6.07) is 5.25. The van der Waals surface area contributed by atoms with Gasteiger partial charge in [0.25, 0.3) is 0 Å². The average Bonchev–Trinajstić information content (AvgIpc) is 3.21. The molecule has 166 valence electrons. The number of nitrogens with one attached hydrogen (secondary N) is 1. The van der Waals surface area contributed by atoms with Crippen molar-refractivity contribution in [3.63, 3.8) is 0 Å². The number of aromatic nitrogens is 2. The van der Waals surface area contributed by atoms with Crippen molar-refractivity contribution in [3.05, 3.63) is 46.3 Å². The van der Waals surface area contributed by atoms with E-state index in [0.717, 1.165) is 0 Å². The summed E-state index contributed by atoms with van der Waals surface area (Å²) < 4.78 is 21.0. The number of ether oxygens (including phenoxy) is 3. The number of carbonyl (C=O) groups excluding carboxylic acids is 2. The first-order valence-corrected chi connectivity index (χ1v) is 9.88. The minimum absolute atomic E-state index is 0.0784. The third kappa shape index (κ3) is 4.59. The molecule has 0 bridgehead atoms. The molecule has 0 saturated heterocycles. The van der Waals surface area contributed by atoms with E-state index in [2.05, 4.69) is 15.6 Å². The van der Waals surface area contributed by atoms with Crippen LogP contribution < -0.4 is 11.1 Å². The van der Waals surface area contributed by atoms with E-state index in [9.17, 15) is 9.59 Å². The van der Waals surface area contributed by atoms with E-state index < -0.39 is 17.9 Å². The highest BCUT2D eigenvalue weighted by atomic mass is 16.6. The van der Waals surface area contributed by atoms with E-state index in [4.69, 9.17) is 24.6 Å². The number of dihydropyridines is 1. The van der Waals surface area contributed by atoms with Gasteiger partial charge in [-0.2, -0.15) is 0 Å². The molecule has 0 saturated carbocycles. The third-order valence-corrected chi connectivity index (χ3v) is 4.75. The minimum Gasteiger partial charge on any atom is -0.466 e. The van der Waals surface area contributed by atoms with Crippen molar-refractivity contribution in [2.24, 2.45) is 5.73 Å². The van der Waals surface area contributed by atoms with E-state index in [1.54, 1.807) is 39.0 Å². The number of esters is 2. The molecule has 3 rings (SSSR count). The van der Waals surface area contributed by atoms with Crippen molar-refractivity contribution in [2.75, 3.05) is 26.9 Å². The highest BCUT2D eigenvalue weighted by Gasteiger charge is 2.40. The summed E-state index contributed by atoms with van der Waals surface area (Å²) in [4.78, 5) is 26.0. The standard InChI is InChI=1S/C21H26N4O6/c1-11(2)30-21(27)18-15(10-29-9-8-22)23-12(3)16(20(26)28-4)17(18)13-6-5-7-14-19(13)25-31-24-14/h5-7,11,17,23H,8-10,22H2,1-4H3. The molecule has 3 N–H and O–H groups in total. The lowest BCUT2D eigenvalue weighted by atomic mass is 9.79. The molecular weight excluding hydrogens is 404 g/mol. The van der Waals surface area contributed by atoms with Gasteiger partial charge in [0.1, 0.15) is 11.0 Å². The Morgan fingerprint density at radius 3 is 2.68 bits per heavy atom. The Balaban J connectivity index is 2.24. The van der Waals surface area contributed by atoms with E-state index in [1.165, 1.54) is 7.11 Å². The van der Waals surface area contributed by atoms with Gasteiger partial charge in [-0.05, 0) is 42.7 Å². The molecule has 0 fully saturated rings. The molecule has 0 amide bonds. The molecule has 1 aromatic heterocycles. The van der Waals surface area contributed by atoms with Crippen LogP contribution in [0.25, 0.3) is 11.0 Å². The lowest BCUT2D eigenvalue weighted by Gasteiger charge is -2.31. The van der Waals surface area contributed by atoms with Crippen LogP contribution in [-0.4, -0.2) is 55.2 Å². The fraction of sp³-hybridized carbons (Fsp3) is 0.429. The van der Waals surface area contributed by atoms with Crippen molar-refractivity contribution >= 4 is 23.0 Å². The zero-order chi connectivity index (χ0) is 22.5. The van der Waals surface area contributed by atoms with Gasteiger partial charge in [0.05, 0.1) is 49.2 Å². The van der Waals surface area contributed by atoms with Gasteiger partial charge in [-0.15, -0.1) is 0 Å². The van der Waals surface area contributed by atoms with Crippen LogP contribution in [0.4, 0.5) is 0 Å². The fourth-order valence-corrected chi connectivity index (χ4v) is 3.54. The molecule has 2 heterocycles. The third-order valence-electron chi connectivity index (χ3n) is 4.75. The lowest BCUT2D eigenvalue weighted by molar-refractivity contribution is -0.143. The number of hydrogen-bond acceptors (Lipinski definition) is 10. The maximum Gasteiger partial charge on any atom is 0.337 e. The normalized spacial score (nSPS) is 16.6. The van der Waals surface area contributed by atoms with Crippen LogP contribution in [0, 0.1) is 0 Å². The van der Waals surface area contributed by atoms with Crippen LogP contribution in [0.5, 0.6) is 0 Å². The van der Waals surface area contributed by atoms with Crippen LogP contribution in [0.2, 0.25) is 0 Å². The predicted molar refractivity (Wildman–Crippen MR) is 111 cm³/mol. The van der Waals surface area contributed by atoms with Gasteiger partial charge < -0.3 is 25.3 Å². The molecule has 1 aromatic carbocycles. The Labute approximate surface area is 179 Å². The first kappa shape index (κ1) is 22.4. The SMILES string of the molecule is COC(=O)C1=C(C)NC(COCCN)=C(C(=O)OC(C)C)C1c1cccc2nonc12. The Kier molecular flexibility index (Phi) is 7.03. The summed E-state index contributed by atoms with van der Waals surface area (Å²) in [6.07, 6.45) is -0.370. The predicted octanol–water partition coefficient (Wildman–Crippen LogP) is 1.54.